The molecule has 9 heteroatoms. The minimum absolute atomic E-state index is 0.0321. The lowest BCUT2D eigenvalue weighted by Gasteiger charge is -2.29. The molecule has 160 valence electrons. The van der Waals surface area contributed by atoms with Gasteiger partial charge >= 0.3 is 0 Å². The number of anilines is 1. The van der Waals surface area contributed by atoms with Gasteiger partial charge in [-0.15, -0.1) is 0 Å². The van der Waals surface area contributed by atoms with Crippen LogP contribution in [0.5, 0.6) is 5.88 Å². The lowest BCUT2D eigenvalue weighted by Crippen LogP contribution is -2.39. The number of ether oxygens (including phenoxy) is 1. The fraction of sp³-hybridized carbons (Fsp3) is 0.364. The van der Waals surface area contributed by atoms with Crippen LogP contribution in [0.2, 0.25) is 0 Å². The average molecular weight is 419 g/mol. The molecular formula is C22H25N7O2. The van der Waals surface area contributed by atoms with Crippen molar-refractivity contribution < 1.29 is 9.53 Å². The first-order valence-corrected chi connectivity index (χ1v) is 10.5. The molecule has 4 aromatic heterocycles. The summed E-state index contributed by atoms with van der Waals surface area (Å²) in [5, 5.41) is 7.30. The highest BCUT2D eigenvalue weighted by Gasteiger charge is 2.23. The average Bonchev–Trinajstić information content (AvgIpc) is 3.40. The van der Waals surface area contributed by atoms with Gasteiger partial charge in [-0.25, -0.2) is 4.98 Å². The molecule has 1 saturated carbocycles. The number of carbonyl (C=O) groups excluding carboxylic acids is 1. The monoisotopic (exact) mass is 419 g/mol. The number of imidazole rings is 1. The Morgan fingerprint density at radius 2 is 2.00 bits per heavy atom. The number of hydrogen-bond donors (Lipinski definition) is 3. The summed E-state index contributed by atoms with van der Waals surface area (Å²) in [4.78, 5) is 28.2. The summed E-state index contributed by atoms with van der Waals surface area (Å²) in [7, 11) is 1.63. The van der Waals surface area contributed by atoms with Gasteiger partial charge in [0, 0.05) is 54.9 Å². The van der Waals surface area contributed by atoms with Crippen LogP contribution in [-0.4, -0.2) is 49.4 Å². The number of amides is 1. The van der Waals surface area contributed by atoms with Gasteiger partial charge in [-0.3, -0.25) is 4.79 Å². The van der Waals surface area contributed by atoms with Gasteiger partial charge < -0.3 is 24.8 Å². The van der Waals surface area contributed by atoms with Gasteiger partial charge in [0.1, 0.15) is 11.3 Å². The number of aromatic nitrogens is 5. The molecule has 4 aromatic rings. The molecule has 1 aliphatic carbocycles. The molecule has 1 fully saturated rings. The molecule has 5 rings (SSSR count). The first-order chi connectivity index (χ1) is 15.1. The normalized spacial score (nSPS) is 18.9. The van der Waals surface area contributed by atoms with Gasteiger partial charge in [0.05, 0.1) is 12.5 Å². The maximum atomic E-state index is 11.3. The Balaban J connectivity index is 1.40. The van der Waals surface area contributed by atoms with Crippen LogP contribution in [0.15, 0.2) is 36.9 Å². The van der Waals surface area contributed by atoms with Crippen molar-refractivity contribution in [3.63, 3.8) is 0 Å². The van der Waals surface area contributed by atoms with Crippen LogP contribution < -0.4 is 15.4 Å². The molecule has 0 aliphatic heterocycles. The van der Waals surface area contributed by atoms with E-state index in [0.29, 0.717) is 11.8 Å². The zero-order valence-corrected chi connectivity index (χ0v) is 17.6. The van der Waals surface area contributed by atoms with Crippen molar-refractivity contribution in [2.75, 3.05) is 12.4 Å². The van der Waals surface area contributed by atoms with Crippen molar-refractivity contribution in [1.82, 2.24) is 29.7 Å². The van der Waals surface area contributed by atoms with Crippen LogP contribution >= 0.6 is 0 Å². The number of nitrogens with one attached hydrogen (secondary N) is 3. The maximum Gasteiger partial charge on any atom is 0.228 e. The SMILES string of the molecule is COc1nc(N[C@H]2CC[C@H](NC(C)=O)CC2)nc2[nH]cc(-c3ccc4nccn4c3)c12. The third-order valence-corrected chi connectivity index (χ3v) is 5.86. The van der Waals surface area contributed by atoms with Gasteiger partial charge in [0.2, 0.25) is 17.7 Å². The van der Waals surface area contributed by atoms with Gasteiger partial charge in [-0.05, 0) is 37.8 Å². The third-order valence-electron chi connectivity index (χ3n) is 5.86. The van der Waals surface area contributed by atoms with Gasteiger partial charge in [0.15, 0.2) is 0 Å². The number of aromatic amines is 1. The van der Waals surface area contributed by atoms with E-state index in [2.05, 4.69) is 25.6 Å². The van der Waals surface area contributed by atoms with Crippen LogP contribution in [0.25, 0.3) is 27.8 Å². The first-order valence-electron chi connectivity index (χ1n) is 10.5. The standard InChI is InChI=1S/C22H25N7O2/c1-13(30)25-15-4-6-16(7-5-15)26-22-27-20-19(21(28-22)31-2)17(11-24-20)14-3-8-18-23-9-10-29(18)12-14/h3,8-12,15-16H,4-7H2,1-2H3,(H,25,30)(H2,24,26,27,28)/t15-,16-. The second-order valence-electron chi connectivity index (χ2n) is 7.99. The maximum absolute atomic E-state index is 11.3. The van der Waals surface area contributed by atoms with Gasteiger partial charge in [0.25, 0.3) is 0 Å². The smallest absolute Gasteiger partial charge is 0.228 e. The summed E-state index contributed by atoms with van der Waals surface area (Å²) in [5.74, 6) is 1.11. The number of carbonyl (C=O) groups is 1. The topological polar surface area (TPSA) is 109 Å². The predicted molar refractivity (Wildman–Crippen MR) is 118 cm³/mol. The van der Waals surface area contributed by atoms with Crippen molar-refractivity contribution in [2.24, 2.45) is 0 Å². The Bertz CT molecular complexity index is 1240. The molecule has 1 amide bonds. The largest absolute Gasteiger partial charge is 0.480 e. The van der Waals surface area contributed by atoms with E-state index in [-0.39, 0.29) is 18.0 Å². The molecule has 0 atom stereocenters. The minimum Gasteiger partial charge on any atom is -0.480 e. The zero-order valence-electron chi connectivity index (χ0n) is 17.6. The second kappa shape index (κ2) is 7.90. The van der Waals surface area contributed by atoms with Crippen LogP contribution in [0.1, 0.15) is 32.6 Å². The highest BCUT2D eigenvalue weighted by Crippen LogP contribution is 2.34. The minimum atomic E-state index is 0.0321. The van der Waals surface area contributed by atoms with Crippen LogP contribution in [0, 0.1) is 0 Å². The van der Waals surface area contributed by atoms with Crippen molar-refractivity contribution in [3.05, 3.63) is 36.9 Å². The summed E-state index contributed by atoms with van der Waals surface area (Å²) < 4.78 is 7.61. The second-order valence-corrected chi connectivity index (χ2v) is 7.99. The summed E-state index contributed by atoms with van der Waals surface area (Å²) in [6, 6.07) is 4.54. The highest BCUT2D eigenvalue weighted by molar-refractivity contribution is 5.97. The summed E-state index contributed by atoms with van der Waals surface area (Å²) in [6.45, 7) is 1.57. The van der Waals surface area contributed by atoms with E-state index in [1.807, 2.05) is 35.1 Å². The Morgan fingerprint density at radius 1 is 1.19 bits per heavy atom. The molecule has 0 radical (unpaired) electrons. The molecule has 9 nitrogen and oxygen atoms in total. The van der Waals surface area contributed by atoms with Crippen molar-refractivity contribution in [2.45, 2.75) is 44.7 Å². The van der Waals surface area contributed by atoms with Gasteiger partial charge in [-0.2, -0.15) is 9.97 Å². The molecule has 3 N–H and O–H groups in total. The molecule has 0 bridgehead atoms. The highest BCUT2D eigenvalue weighted by atomic mass is 16.5. The lowest BCUT2D eigenvalue weighted by atomic mass is 9.91. The summed E-state index contributed by atoms with van der Waals surface area (Å²) >= 11 is 0. The Labute approximate surface area is 179 Å². The van der Waals surface area contributed by atoms with E-state index in [9.17, 15) is 4.79 Å². The van der Waals surface area contributed by atoms with E-state index in [0.717, 1.165) is 53.5 Å². The van der Waals surface area contributed by atoms with Crippen molar-refractivity contribution in [1.29, 1.82) is 0 Å². The number of fused-ring (bicyclic) bond motifs is 2. The first kappa shape index (κ1) is 19.3. The van der Waals surface area contributed by atoms with E-state index >= 15 is 0 Å². The number of H-pyrrole nitrogens is 1. The van der Waals surface area contributed by atoms with E-state index in [1.165, 1.54) is 0 Å². The fourth-order valence-corrected chi connectivity index (χ4v) is 4.37. The Kier molecular flexibility index (Phi) is 4.93. The lowest BCUT2D eigenvalue weighted by molar-refractivity contribution is -0.119. The van der Waals surface area contributed by atoms with Crippen LogP contribution in [0.4, 0.5) is 5.95 Å². The Hall–Kier alpha value is -3.62. The molecule has 31 heavy (non-hydrogen) atoms. The quantitative estimate of drug-likeness (QED) is 0.459. The van der Waals surface area contributed by atoms with Gasteiger partial charge in [-0.1, -0.05) is 0 Å². The summed E-state index contributed by atoms with van der Waals surface area (Å²) in [5.41, 5.74) is 3.62. The number of pyridine rings is 1. The van der Waals surface area contributed by atoms with Crippen LogP contribution in [0.3, 0.4) is 0 Å². The van der Waals surface area contributed by atoms with Crippen LogP contribution in [-0.2, 0) is 4.79 Å². The molecule has 1 aliphatic rings. The summed E-state index contributed by atoms with van der Waals surface area (Å²) in [6.07, 6.45) is 11.5. The van der Waals surface area contributed by atoms with E-state index < -0.39 is 0 Å². The van der Waals surface area contributed by atoms with Crippen molar-refractivity contribution >= 4 is 28.5 Å². The number of hydrogen-bond acceptors (Lipinski definition) is 6. The Morgan fingerprint density at radius 3 is 2.77 bits per heavy atom. The molecule has 0 saturated heterocycles. The number of nitrogens with zero attached hydrogens (tertiary/aromatic N) is 4. The number of rotatable bonds is 5. The zero-order chi connectivity index (χ0) is 21.4. The molecule has 0 spiro atoms. The fourth-order valence-electron chi connectivity index (χ4n) is 4.37. The van der Waals surface area contributed by atoms with E-state index in [4.69, 9.17) is 9.72 Å². The van der Waals surface area contributed by atoms with Crippen molar-refractivity contribution in [3.8, 4) is 17.0 Å². The van der Waals surface area contributed by atoms with E-state index in [1.54, 1.807) is 20.2 Å². The molecule has 4 heterocycles. The predicted octanol–water partition coefficient (Wildman–Crippen LogP) is 3.14. The third kappa shape index (κ3) is 3.78. The molecular weight excluding hydrogens is 394 g/mol. The molecule has 0 aromatic carbocycles. The molecule has 0 unspecified atom stereocenters. The number of methoxy groups -OCH3 is 1.